The van der Waals surface area contributed by atoms with Crippen molar-refractivity contribution < 1.29 is 5.11 Å². The van der Waals surface area contributed by atoms with Crippen LogP contribution in [-0.2, 0) is 0 Å². The first-order valence-electron chi connectivity index (χ1n) is 4.94. The van der Waals surface area contributed by atoms with Gasteiger partial charge in [0.25, 0.3) is 0 Å². The smallest absolute Gasteiger partial charge is 0.126 e. The van der Waals surface area contributed by atoms with Crippen LogP contribution in [0.3, 0.4) is 0 Å². The zero-order chi connectivity index (χ0) is 10.6. The number of aromatic nitrogens is 1. The van der Waals surface area contributed by atoms with Crippen LogP contribution < -0.4 is 5.32 Å². The molecule has 0 saturated carbocycles. The van der Waals surface area contributed by atoms with Crippen LogP contribution in [0.4, 0.5) is 5.82 Å². The first kappa shape index (κ1) is 11.0. The Bertz CT molecular complexity index is 286. The third-order valence-electron chi connectivity index (χ3n) is 2.22. The van der Waals surface area contributed by atoms with Gasteiger partial charge in [-0.3, -0.25) is 0 Å². The van der Waals surface area contributed by atoms with Crippen molar-refractivity contribution in [3.63, 3.8) is 0 Å². The molecular formula is C11H18N2O. The van der Waals surface area contributed by atoms with Crippen molar-refractivity contribution in [1.29, 1.82) is 0 Å². The van der Waals surface area contributed by atoms with Gasteiger partial charge >= 0.3 is 0 Å². The fourth-order valence-corrected chi connectivity index (χ4v) is 1.24. The zero-order valence-electron chi connectivity index (χ0n) is 8.99. The second-order valence-corrected chi connectivity index (χ2v) is 3.84. The first-order valence-corrected chi connectivity index (χ1v) is 4.94. The lowest BCUT2D eigenvalue weighted by molar-refractivity contribution is 0.249. The van der Waals surface area contributed by atoms with Gasteiger partial charge in [0.15, 0.2) is 0 Å². The minimum atomic E-state index is 0.0734. The minimum Gasteiger partial charge on any atom is -0.394 e. The first-order chi connectivity index (χ1) is 6.63. The number of nitrogens with one attached hydrogen (secondary N) is 1. The molecular weight excluding hydrogens is 176 g/mol. The maximum Gasteiger partial charge on any atom is 0.126 e. The van der Waals surface area contributed by atoms with Crippen molar-refractivity contribution in [2.45, 2.75) is 26.8 Å². The summed E-state index contributed by atoms with van der Waals surface area (Å²) in [5.74, 6) is 1.22. The number of aryl methyl sites for hydroxylation is 1. The minimum absolute atomic E-state index is 0.0734. The second-order valence-electron chi connectivity index (χ2n) is 3.84. The topological polar surface area (TPSA) is 45.1 Å². The molecule has 1 aromatic heterocycles. The monoisotopic (exact) mass is 194 g/mol. The number of nitrogens with zero attached hydrogens (tertiary/aromatic N) is 1. The van der Waals surface area contributed by atoms with E-state index in [1.807, 2.05) is 25.1 Å². The lowest BCUT2D eigenvalue weighted by Crippen LogP contribution is -2.29. The Balaban J connectivity index is 2.67. The average Bonchev–Trinajstić information content (AvgIpc) is 2.14. The quantitative estimate of drug-likeness (QED) is 0.768. The predicted octanol–water partition coefficient (Wildman–Crippen LogP) is 1.82. The molecule has 1 rings (SSSR count). The molecule has 0 aliphatic rings. The van der Waals surface area contributed by atoms with Gasteiger partial charge in [0.2, 0.25) is 0 Å². The van der Waals surface area contributed by atoms with Crippen molar-refractivity contribution in [3.05, 3.63) is 23.9 Å². The summed E-state index contributed by atoms with van der Waals surface area (Å²) in [7, 11) is 0. The van der Waals surface area contributed by atoms with Crippen LogP contribution in [0.5, 0.6) is 0 Å². The number of pyridine rings is 1. The van der Waals surface area contributed by atoms with Gasteiger partial charge in [-0.1, -0.05) is 19.9 Å². The molecule has 2 N–H and O–H groups in total. The third kappa shape index (κ3) is 3.00. The lowest BCUT2D eigenvalue weighted by Gasteiger charge is -2.20. The molecule has 1 atom stereocenters. The van der Waals surface area contributed by atoms with E-state index in [1.165, 1.54) is 0 Å². The van der Waals surface area contributed by atoms with E-state index in [1.54, 1.807) is 0 Å². The standard InChI is InChI=1S/C11H18N2O/c1-8(2)10(7-14)13-11-6-4-5-9(3)12-11/h4-6,8,10,14H,7H2,1-3H3,(H,12,13)/t10-/m1/s1. The van der Waals surface area contributed by atoms with Gasteiger partial charge in [-0.05, 0) is 25.0 Å². The summed E-state index contributed by atoms with van der Waals surface area (Å²) >= 11 is 0. The number of hydrogen-bond acceptors (Lipinski definition) is 3. The van der Waals surface area contributed by atoms with Crippen molar-refractivity contribution in [2.24, 2.45) is 5.92 Å². The van der Waals surface area contributed by atoms with Crippen molar-refractivity contribution in [2.75, 3.05) is 11.9 Å². The van der Waals surface area contributed by atoms with Crippen LogP contribution in [0.2, 0.25) is 0 Å². The lowest BCUT2D eigenvalue weighted by atomic mass is 10.1. The third-order valence-corrected chi connectivity index (χ3v) is 2.22. The molecule has 0 aromatic carbocycles. The summed E-state index contributed by atoms with van der Waals surface area (Å²) in [6.07, 6.45) is 0. The van der Waals surface area contributed by atoms with Gasteiger partial charge < -0.3 is 10.4 Å². The van der Waals surface area contributed by atoms with Crippen molar-refractivity contribution >= 4 is 5.82 Å². The van der Waals surface area contributed by atoms with Crippen LogP contribution in [0.25, 0.3) is 0 Å². The number of aliphatic hydroxyl groups excluding tert-OH is 1. The Morgan fingerprint density at radius 1 is 1.43 bits per heavy atom. The van der Waals surface area contributed by atoms with Crippen molar-refractivity contribution in [1.82, 2.24) is 4.98 Å². The molecule has 0 radical (unpaired) electrons. The van der Waals surface area contributed by atoms with Crippen LogP contribution in [0.15, 0.2) is 18.2 Å². The largest absolute Gasteiger partial charge is 0.394 e. The van der Waals surface area contributed by atoms with E-state index < -0.39 is 0 Å². The van der Waals surface area contributed by atoms with E-state index in [2.05, 4.69) is 24.1 Å². The van der Waals surface area contributed by atoms with Crippen LogP contribution in [-0.4, -0.2) is 22.7 Å². The molecule has 0 amide bonds. The van der Waals surface area contributed by atoms with E-state index in [-0.39, 0.29) is 12.6 Å². The average molecular weight is 194 g/mol. The number of rotatable bonds is 4. The summed E-state index contributed by atoms with van der Waals surface area (Å²) in [4.78, 5) is 4.32. The Kier molecular flexibility index (Phi) is 3.89. The molecule has 3 nitrogen and oxygen atoms in total. The Morgan fingerprint density at radius 2 is 2.14 bits per heavy atom. The molecule has 0 aliphatic carbocycles. The molecule has 0 unspecified atom stereocenters. The van der Waals surface area contributed by atoms with Gasteiger partial charge in [0.05, 0.1) is 12.6 Å². The fraction of sp³-hybridized carbons (Fsp3) is 0.545. The van der Waals surface area contributed by atoms with E-state index in [0.29, 0.717) is 5.92 Å². The summed E-state index contributed by atoms with van der Waals surface area (Å²) in [6.45, 7) is 6.23. The predicted molar refractivity (Wildman–Crippen MR) is 58.3 cm³/mol. The molecule has 0 saturated heterocycles. The summed E-state index contributed by atoms with van der Waals surface area (Å²) < 4.78 is 0. The maximum absolute atomic E-state index is 9.14. The van der Waals surface area contributed by atoms with Gasteiger partial charge in [0, 0.05) is 5.69 Å². The van der Waals surface area contributed by atoms with Gasteiger partial charge in [-0.15, -0.1) is 0 Å². The summed E-state index contributed by atoms with van der Waals surface area (Å²) in [5, 5.41) is 12.3. The fourth-order valence-electron chi connectivity index (χ4n) is 1.24. The van der Waals surface area contributed by atoms with Gasteiger partial charge in [0.1, 0.15) is 5.82 Å². The molecule has 0 aliphatic heterocycles. The Hall–Kier alpha value is -1.09. The van der Waals surface area contributed by atoms with E-state index in [0.717, 1.165) is 11.5 Å². The molecule has 78 valence electrons. The van der Waals surface area contributed by atoms with Crippen molar-refractivity contribution in [3.8, 4) is 0 Å². The molecule has 1 aromatic rings. The summed E-state index contributed by atoms with van der Waals surface area (Å²) in [6, 6.07) is 5.90. The summed E-state index contributed by atoms with van der Waals surface area (Å²) in [5.41, 5.74) is 0.982. The maximum atomic E-state index is 9.14. The van der Waals surface area contributed by atoms with E-state index in [4.69, 9.17) is 5.11 Å². The molecule has 0 fully saturated rings. The highest BCUT2D eigenvalue weighted by Crippen LogP contribution is 2.10. The van der Waals surface area contributed by atoms with E-state index in [9.17, 15) is 0 Å². The SMILES string of the molecule is Cc1cccc(N[C@H](CO)C(C)C)n1. The van der Waals surface area contributed by atoms with Crippen LogP contribution in [0.1, 0.15) is 19.5 Å². The molecule has 14 heavy (non-hydrogen) atoms. The highest BCUT2D eigenvalue weighted by Gasteiger charge is 2.11. The van der Waals surface area contributed by atoms with Gasteiger partial charge in [-0.2, -0.15) is 0 Å². The van der Waals surface area contributed by atoms with Crippen LogP contribution in [0, 0.1) is 12.8 Å². The highest BCUT2D eigenvalue weighted by atomic mass is 16.3. The Morgan fingerprint density at radius 3 is 2.64 bits per heavy atom. The number of aliphatic hydroxyl groups is 1. The zero-order valence-corrected chi connectivity index (χ0v) is 8.99. The molecule has 3 heteroatoms. The number of hydrogen-bond donors (Lipinski definition) is 2. The Labute approximate surface area is 85.2 Å². The number of anilines is 1. The van der Waals surface area contributed by atoms with Crippen LogP contribution >= 0.6 is 0 Å². The normalized spacial score (nSPS) is 12.9. The molecule has 0 spiro atoms. The highest BCUT2D eigenvalue weighted by molar-refractivity contribution is 5.36. The second kappa shape index (κ2) is 4.96. The van der Waals surface area contributed by atoms with Gasteiger partial charge in [-0.25, -0.2) is 4.98 Å². The molecule has 1 heterocycles. The molecule has 0 bridgehead atoms. The van der Waals surface area contributed by atoms with E-state index >= 15 is 0 Å².